The first kappa shape index (κ1) is 20.3. The lowest BCUT2D eigenvalue weighted by molar-refractivity contribution is -0.396. The van der Waals surface area contributed by atoms with Gasteiger partial charge in [-0.25, -0.2) is 9.25 Å². The molecule has 0 unspecified atom stereocenters. The summed E-state index contributed by atoms with van der Waals surface area (Å²) in [4.78, 5) is 14.0. The Labute approximate surface area is 155 Å². The highest BCUT2D eigenvalue weighted by molar-refractivity contribution is 7.80. The molecule has 0 amide bonds. The monoisotopic (exact) mass is 386 g/mol. The lowest BCUT2D eigenvalue weighted by Gasteiger charge is -2.06. The first-order valence-electron chi connectivity index (χ1n) is 8.09. The van der Waals surface area contributed by atoms with Gasteiger partial charge < -0.3 is 24.3 Å². The van der Waals surface area contributed by atoms with E-state index in [1.54, 1.807) is 10.9 Å². The van der Waals surface area contributed by atoms with Crippen LogP contribution in [0.15, 0.2) is 18.6 Å². The molecule has 0 spiro atoms. The predicted octanol–water partition coefficient (Wildman–Crippen LogP) is 0.411. The number of thiol groups is 1. The number of hydrogen-bond acceptors (Lipinski definition) is 9. The molecule has 0 atom stereocenters. The summed E-state index contributed by atoms with van der Waals surface area (Å²) in [7, 11) is 0. The number of imidazole rings is 1. The van der Waals surface area contributed by atoms with Gasteiger partial charge in [0.05, 0.1) is 52.4 Å². The highest BCUT2D eigenvalue weighted by Gasteiger charge is 2.15. The number of aromatic nitrogens is 5. The topological polar surface area (TPSA) is 119 Å². The standard InChI is InChI=1S/C14H22N6O5S/c21-20(22)14-15-1-2-18(14)11-13-12-19(17-16-13)3-4-23-5-6-24-7-8-25-9-10-26/h1-2,12,26H,3-11H2. The number of rotatable bonds is 14. The van der Waals surface area contributed by atoms with Gasteiger partial charge in [-0.1, -0.05) is 10.2 Å². The van der Waals surface area contributed by atoms with Crippen LogP contribution in [-0.2, 0) is 27.3 Å². The number of nitrogens with zero attached hydrogens (tertiary/aromatic N) is 6. The van der Waals surface area contributed by atoms with Gasteiger partial charge >= 0.3 is 5.95 Å². The van der Waals surface area contributed by atoms with Crippen molar-refractivity contribution in [3.8, 4) is 0 Å². The van der Waals surface area contributed by atoms with Gasteiger partial charge in [-0.15, -0.1) is 5.10 Å². The van der Waals surface area contributed by atoms with Crippen molar-refractivity contribution in [1.29, 1.82) is 0 Å². The lowest BCUT2D eigenvalue weighted by atomic mass is 10.4. The largest absolute Gasteiger partial charge is 0.434 e. The third kappa shape index (κ3) is 7.07. The predicted molar refractivity (Wildman–Crippen MR) is 94.3 cm³/mol. The Morgan fingerprint density at radius 1 is 1.12 bits per heavy atom. The van der Waals surface area contributed by atoms with Crippen LogP contribution in [0.2, 0.25) is 0 Å². The normalized spacial score (nSPS) is 11.1. The molecule has 0 fully saturated rings. The van der Waals surface area contributed by atoms with Crippen LogP contribution < -0.4 is 0 Å². The van der Waals surface area contributed by atoms with Gasteiger partial charge in [-0.05, 0) is 4.92 Å². The Bertz CT molecular complexity index is 664. The summed E-state index contributed by atoms with van der Waals surface area (Å²) in [5.74, 6) is 0.477. The van der Waals surface area contributed by atoms with Crippen molar-refractivity contribution in [3.63, 3.8) is 0 Å². The quantitative estimate of drug-likeness (QED) is 0.215. The molecule has 2 aromatic rings. The molecule has 0 aliphatic heterocycles. The van der Waals surface area contributed by atoms with Crippen LogP contribution in [0.5, 0.6) is 0 Å². The minimum atomic E-state index is -0.535. The van der Waals surface area contributed by atoms with E-state index in [4.69, 9.17) is 14.2 Å². The van der Waals surface area contributed by atoms with Crippen molar-refractivity contribution in [2.24, 2.45) is 0 Å². The Balaban J connectivity index is 1.59. The third-order valence-corrected chi connectivity index (χ3v) is 3.40. The van der Waals surface area contributed by atoms with Crippen molar-refractivity contribution in [1.82, 2.24) is 24.5 Å². The summed E-state index contributed by atoms with van der Waals surface area (Å²) in [6, 6.07) is 0. The van der Waals surface area contributed by atoms with Gasteiger partial charge in [-0.3, -0.25) is 0 Å². The molecule has 2 rings (SSSR count). The van der Waals surface area contributed by atoms with Crippen LogP contribution in [0.3, 0.4) is 0 Å². The van der Waals surface area contributed by atoms with Gasteiger partial charge in [0.1, 0.15) is 24.6 Å². The number of ether oxygens (including phenoxy) is 3. The molecule has 2 heterocycles. The van der Waals surface area contributed by atoms with E-state index in [1.807, 2.05) is 0 Å². The summed E-state index contributed by atoms with van der Waals surface area (Å²) >= 11 is 4.04. The molecular formula is C14H22N6O5S. The molecule has 0 saturated carbocycles. The average Bonchev–Trinajstić information content (AvgIpc) is 3.26. The second kappa shape index (κ2) is 11.6. The van der Waals surface area contributed by atoms with Gasteiger partial charge in [0.2, 0.25) is 0 Å². The molecule has 0 aliphatic rings. The van der Waals surface area contributed by atoms with E-state index in [2.05, 4.69) is 27.9 Å². The lowest BCUT2D eigenvalue weighted by Crippen LogP contribution is -2.12. The van der Waals surface area contributed by atoms with Crippen LogP contribution >= 0.6 is 12.6 Å². The van der Waals surface area contributed by atoms with Crippen LogP contribution in [-0.4, -0.2) is 74.9 Å². The molecule has 0 saturated heterocycles. The molecule has 0 aromatic carbocycles. The van der Waals surface area contributed by atoms with E-state index in [-0.39, 0.29) is 12.5 Å². The van der Waals surface area contributed by atoms with Gasteiger partial charge in [0, 0.05) is 5.75 Å². The fourth-order valence-electron chi connectivity index (χ4n) is 2.06. The highest BCUT2D eigenvalue weighted by atomic mass is 32.1. The minimum Gasteiger partial charge on any atom is -0.390 e. The zero-order chi connectivity index (χ0) is 18.6. The molecule has 2 aromatic heterocycles. The van der Waals surface area contributed by atoms with Gasteiger partial charge in [-0.2, -0.15) is 12.6 Å². The van der Waals surface area contributed by atoms with Crippen LogP contribution in [0, 0.1) is 10.1 Å². The minimum absolute atomic E-state index is 0.223. The van der Waals surface area contributed by atoms with Crippen molar-refractivity contribution < 1.29 is 19.1 Å². The van der Waals surface area contributed by atoms with Crippen molar-refractivity contribution in [2.45, 2.75) is 13.1 Å². The summed E-state index contributed by atoms with van der Waals surface area (Å²) in [5.41, 5.74) is 0.607. The molecule has 26 heavy (non-hydrogen) atoms. The van der Waals surface area contributed by atoms with Crippen LogP contribution in [0.25, 0.3) is 0 Å². The second-order valence-electron chi connectivity index (χ2n) is 5.15. The van der Waals surface area contributed by atoms with Gasteiger partial charge in [0.25, 0.3) is 0 Å². The third-order valence-electron chi connectivity index (χ3n) is 3.22. The molecule has 0 radical (unpaired) electrons. The molecule has 144 valence electrons. The molecule has 0 bridgehead atoms. The zero-order valence-electron chi connectivity index (χ0n) is 14.3. The van der Waals surface area contributed by atoms with Crippen LogP contribution in [0.1, 0.15) is 5.69 Å². The Morgan fingerprint density at radius 2 is 1.81 bits per heavy atom. The SMILES string of the molecule is O=[N+]([O-])c1nccn1Cc1cn(CCOCCOCCOCCS)nn1. The zero-order valence-corrected chi connectivity index (χ0v) is 15.2. The van der Waals surface area contributed by atoms with Gasteiger partial charge in [0.15, 0.2) is 0 Å². The average molecular weight is 386 g/mol. The highest BCUT2D eigenvalue weighted by Crippen LogP contribution is 2.09. The number of nitro groups is 1. The summed E-state index contributed by atoms with van der Waals surface area (Å²) < 4.78 is 19.1. The summed E-state index contributed by atoms with van der Waals surface area (Å²) in [5, 5.41) is 18.8. The van der Waals surface area contributed by atoms with E-state index in [9.17, 15) is 10.1 Å². The van der Waals surface area contributed by atoms with E-state index < -0.39 is 4.92 Å². The fraction of sp³-hybridized carbons (Fsp3) is 0.643. The van der Waals surface area contributed by atoms with E-state index >= 15 is 0 Å². The maximum Gasteiger partial charge on any atom is 0.434 e. The Morgan fingerprint density at radius 3 is 2.50 bits per heavy atom. The van der Waals surface area contributed by atoms with E-state index in [0.717, 1.165) is 0 Å². The maximum atomic E-state index is 10.8. The Hall–Kier alpha value is -2.02. The van der Waals surface area contributed by atoms with E-state index in [1.165, 1.54) is 17.0 Å². The molecule has 0 N–H and O–H groups in total. The summed E-state index contributed by atoms with van der Waals surface area (Å²) in [6.07, 6.45) is 4.64. The first-order chi connectivity index (χ1) is 12.7. The second-order valence-corrected chi connectivity index (χ2v) is 5.59. The molecule has 0 aliphatic carbocycles. The van der Waals surface area contributed by atoms with Crippen molar-refractivity contribution >= 4 is 18.6 Å². The smallest absolute Gasteiger partial charge is 0.390 e. The number of hydrogen-bond donors (Lipinski definition) is 1. The van der Waals surface area contributed by atoms with Crippen molar-refractivity contribution in [2.75, 3.05) is 45.4 Å². The Kier molecular flexibility index (Phi) is 9.03. The first-order valence-corrected chi connectivity index (χ1v) is 8.72. The molecule has 12 heteroatoms. The van der Waals surface area contributed by atoms with Crippen LogP contribution in [0.4, 0.5) is 5.95 Å². The molecule has 11 nitrogen and oxygen atoms in total. The fourth-order valence-corrected chi connectivity index (χ4v) is 2.19. The molecular weight excluding hydrogens is 364 g/mol. The maximum absolute atomic E-state index is 10.8. The summed E-state index contributed by atoms with van der Waals surface area (Å²) in [6.45, 7) is 3.92. The van der Waals surface area contributed by atoms with E-state index in [0.29, 0.717) is 57.6 Å². The van der Waals surface area contributed by atoms with Crippen molar-refractivity contribution in [3.05, 3.63) is 34.4 Å².